The maximum atomic E-state index is 13.2. The lowest BCUT2D eigenvalue weighted by Crippen LogP contribution is -2.28. The summed E-state index contributed by atoms with van der Waals surface area (Å²) in [5.74, 6) is -0.680. The highest BCUT2D eigenvalue weighted by molar-refractivity contribution is 6.33. The Kier molecular flexibility index (Phi) is 6.29. The van der Waals surface area contributed by atoms with Crippen molar-refractivity contribution in [3.8, 4) is 0 Å². The van der Waals surface area contributed by atoms with Crippen molar-refractivity contribution in [2.75, 3.05) is 5.32 Å². The number of hydrogen-bond acceptors (Lipinski definition) is 4. The van der Waals surface area contributed by atoms with E-state index >= 15 is 0 Å². The molecule has 29 heavy (non-hydrogen) atoms. The molecule has 0 radical (unpaired) electrons. The Bertz CT molecular complexity index is 1050. The van der Waals surface area contributed by atoms with E-state index in [1.807, 2.05) is 0 Å². The second-order valence-corrected chi connectivity index (χ2v) is 6.89. The number of aryl methyl sites for hydroxylation is 1. The van der Waals surface area contributed by atoms with Crippen LogP contribution >= 0.6 is 11.6 Å². The van der Waals surface area contributed by atoms with Crippen LogP contribution in [0, 0.1) is 12.7 Å². The molecule has 0 aliphatic rings. The van der Waals surface area contributed by atoms with Gasteiger partial charge in [0.25, 0.3) is 5.91 Å². The van der Waals surface area contributed by atoms with Gasteiger partial charge in [-0.25, -0.2) is 9.37 Å². The first kappa shape index (κ1) is 20.5. The van der Waals surface area contributed by atoms with Crippen LogP contribution in [0.15, 0.2) is 52.9 Å². The molecule has 2 N–H and O–H groups in total. The SMILES string of the molecule is Cc1oc([C@H](C)NC(=O)Cc2cccc(F)c2)nc1C(=O)Nc1ccccc1Cl. The van der Waals surface area contributed by atoms with Gasteiger partial charge in [-0.1, -0.05) is 35.9 Å². The quantitative estimate of drug-likeness (QED) is 0.623. The molecule has 8 heteroatoms. The van der Waals surface area contributed by atoms with Crippen molar-refractivity contribution in [3.63, 3.8) is 0 Å². The van der Waals surface area contributed by atoms with E-state index in [9.17, 15) is 14.0 Å². The van der Waals surface area contributed by atoms with Crippen LogP contribution in [0.25, 0.3) is 0 Å². The van der Waals surface area contributed by atoms with E-state index in [0.29, 0.717) is 22.0 Å². The van der Waals surface area contributed by atoms with E-state index in [4.69, 9.17) is 16.0 Å². The summed E-state index contributed by atoms with van der Waals surface area (Å²) < 4.78 is 18.8. The zero-order valence-corrected chi connectivity index (χ0v) is 16.6. The zero-order chi connectivity index (χ0) is 21.0. The first-order chi connectivity index (χ1) is 13.8. The maximum Gasteiger partial charge on any atom is 0.277 e. The molecule has 3 aromatic rings. The Hall–Kier alpha value is -3.19. The van der Waals surface area contributed by atoms with E-state index in [1.165, 1.54) is 12.1 Å². The van der Waals surface area contributed by atoms with Crippen molar-refractivity contribution in [1.82, 2.24) is 10.3 Å². The first-order valence-corrected chi connectivity index (χ1v) is 9.28. The average Bonchev–Trinajstić information content (AvgIpc) is 3.05. The van der Waals surface area contributed by atoms with Gasteiger partial charge in [-0.2, -0.15) is 0 Å². The summed E-state index contributed by atoms with van der Waals surface area (Å²) in [5, 5.41) is 5.82. The number of carbonyl (C=O) groups excluding carboxylic acids is 2. The van der Waals surface area contributed by atoms with Crippen LogP contribution in [0.2, 0.25) is 5.02 Å². The highest BCUT2D eigenvalue weighted by atomic mass is 35.5. The molecule has 2 amide bonds. The second kappa shape index (κ2) is 8.87. The number of rotatable bonds is 6. The van der Waals surface area contributed by atoms with Crippen molar-refractivity contribution < 1.29 is 18.4 Å². The smallest absolute Gasteiger partial charge is 0.277 e. The summed E-state index contributed by atoms with van der Waals surface area (Å²) in [6.07, 6.45) is 0.0155. The molecule has 6 nitrogen and oxygen atoms in total. The number of oxazole rings is 1. The number of anilines is 1. The van der Waals surface area contributed by atoms with Crippen LogP contribution in [0.3, 0.4) is 0 Å². The third kappa shape index (κ3) is 5.20. The van der Waals surface area contributed by atoms with E-state index in [0.717, 1.165) is 0 Å². The molecule has 0 spiro atoms. The third-order valence-corrected chi connectivity index (χ3v) is 4.48. The average molecular weight is 416 g/mol. The summed E-state index contributed by atoms with van der Waals surface area (Å²) in [4.78, 5) is 28.9. The van der Waals surface area contributed by atoms with Crippen LogP contribution in [0.1, 0.15) is 40.7 Å². The number of halogens is 2. The van der Waals surface area contributed by atoms with Crippen LogP contribution in [-0.4, -0.2) is 16.8 Å². The summed E-state index contributed by atoms with van der Waals surface area (Å²) in [5.41, 5.74) is 1.11. The summed E-state index contributed by atoms with van der Waals surface area (Å²) in [6, 6.07) is 12.1. The molecular weight excluding hydrogens is 397 g/mol. The number of nitrogens with zero attached hydrogens (tertiary/aromatic N) is 1. The molecular formula is C21H19ClFN3O3. The molecule has 3 rings (SSSR count). The minimum atomic E-state index is -0.573. The van der Waals surface area contributed by atoms with Gasteiger partial charge < -0.3 is 15.1 Å². The van der Waals surface area contributed by atoms with Crippen molar-refractivity contribution in [2.24, 2.45) is 0 Å². The molecule has 1 atom stereocenters. The number of para-hydroxylation sites is 1. The summed E-state index contributed by atoms with van der Waals surface area (Å²) in [7, 11) is 0. The third-order valence-electron chi connectivity index (χ3n) is 4.15. The molecule has 150 valence electrons. The lowest BCUT2D eigenvalue weighted by molar-refractivity contribution is -0.121. The van der Waals surface area contributed by atoms with Gasteiger partial charge in [0, 0.05) is 0 Å². The van der Waals surface area contributed by atoms with Gasteiger partial charge in [0.2, 0.25) is 11.8 Å². The van der Waals surface area contributed by atoms with Crippen molar-refractivity contribution in [3.05, 3.63) is 82.3 Å². The normalized spacial score (nSPS) is 11.7. The largest absolute Gasteiger partial charge is 0.443 e. The molecule has 0 unspecified atom stereocenters. The topological polar surface area (TPSA) is 84.2 Å². The fraction of sp³-hybridized carbons (Fsp3) is 0.190. The fourth-order valence-corrected chi connectivity index (χ4v) is 2.93. The maximum absolute atomic E-state index is 13.2. The minimum absolute atomic E-state index is 0.0155. The fourth-order valence-electron chi connectivity index (χ4n) is 2.74. The number of amides is 2. The lowest BCUT2D eigenvalue weighted by Gasteiger charge is -2.10. The van der Waals surface area contributed by atoms with E-state index in [-0.39, 0.29) is 23.9 Å². The van der Waals surface area contributed by atoms with Crippen LogP contribution < -0.4 is 10.6 Å². The Morgan fingerprint density at radius 2 is 1.97 bits per heavy atom. The highest BCUT2D eigenvalue weighted by Crippen LogP contribution is 2.23. The Balaban J connectivity index is 1.66. The molecule has 0 aliphatic heterocycles. The number of carbonyl (C=O) groups is 2. The van der Waals surface area contributed by atoms with Gasteiger partial charge >= 0.3 is 0 Å². The van der Waals surface area contributed by atoms with Crippen LogP contribution in [-0.2, 0) is 11.2 Å². The Labute approximate surface area is 172 Å². The molecule has 1 heterocycles. The number of aromatic nitrogens is 1. The van der Waals surface area contributed by atoms with E-state index in [2.05, 4.69) is 15.6 Å². The van der Waals surface area contributed by atoms with Crippen molar-refractivity contribution >= 4 is 29.1 Å². The molecule has 0 fully saturated rings. The van der Waals surface area contributed by atoms with Gasteiger partial charge in [0.15, 0.2) is 5.69 Å². The first-order valence-electron chi connectivity index (χ1n) is 8.90. The molecule has 0 aliphatic carbocycles. The lowest BCUT2D eigenvalue weighted by atomic mass is 10.1. The molecule has 1 aromatic heterocycles. The van der Waals surface area contributed by atoms with Crippen LogP contribution in [0.4, 0.5) is 10.1 Å². The Morgan fingerprint density at radius 3 is 2.69 bits per heavy atom. The standard InChI is InChI=1S/C21H19ClFN3O3/c1-12(24-18(27)11-14-6-5-7-15(23)10-14)21-26-19(13(2)29-21)20(28)25-17-9-4-3-8-16(17)22/h3-10,12H,11H2,1-2H3,(H,24,27)(H,25,28)/t12-/m0/s1. The van der Waals surface area contributed by atoms with Gasteiger partial charge in [0.1, 0.15) is 17.6 Å². The summed E-state index contributed by atoms with van der Waals surface area (Å²) >= 11 is 6.06. The van der Waals surface area contributed by atoms with Gasteiger partial charge in [-0.15, -0.1) is 0 Å². The number of benzene rings is 2. The number of hydrogen-bond donors (Lipinski definition) is 2. The second-order valence-electron chi connectivity index (χ2n) is 6.49. The molecule has 0 saturated carbocycles. The van der Waals surface area contributed by atoms with E-state index < -0.39 is 17.8 Å². The highest BCUT2D eigenvalue weighted by Gasteiger charge is 2.22. The Morgan fingerprint density at radius 1 is 1.21 bits per heavy atom. The van der Waals surface area contributed by atoms with Gasteiger partial charge in [0.05, 0.1) is 17.1 Å². The van der Waals surface area contributed by atoms with Crippen molar-refractivity contribution in [2.45, 2.75) is 26.3 Å². The van der Waals surface area contributed by atoms with Crippen molar-refractivity contribution in [1.29, 1.82) is 0 Å². The van der Waals surface area contributed by atoms with Crippen LogP contribution in [0.5, 0.6) is 0 Å². The monoisotopic (exact) mass is 415 g/mol. The van der Waals surface area contributed by atoms with Gasteiger partial charge in [-0.05, 0) is 43.7 Å². The minimum Gasteiger partial charge on any atom is -0.443 e. The summed E-state index contributed by atoms with van der Waals surface area (Å²) in [6.45, 7) is 3.30. The number of nitrogens with one attached hydrogen (secondary N) is 2. The van der Waals surface area contributed by atoms with E-state index in [1.54, 1.807) is 50.2 Å². The molecule has 0 saturated heterocycles. The predicted octanol–water partition coefficient (Wildman–Crippen LogP) is 4.45. The molecule has 2 aromatic carbocycles. The molecule has 0 bridgehead atoms. The predicted molar refractivity (Wildman–Crippen MR) is 107 cm³/mol. The zero-order valence-electron chi connectivity index (χ0n) is 15.8. The van der Waals surface area contributed by atoms with Gasteiger partial charge in [-0.3, -0.25) is 9.59 Å².